The number of para-hydroxylation sites is 1. The molecule has 2 saturated heterocycles. The number of likely N-dealkylation sites (tertiary alicyclic amines) is 1. The van der Waals surface area contributed by atoms with Crippen molar-refractivity contribution in [3.63, 3.8) is 0 Å². The maximum atomic E-state index is 11.8. The minimum Gasteiger partial charge on any atom is -0.494 e. The second-order valence-corrected chi connectivity index (χ2v) is 12.4. The van der Waals surface area contributed by atoms with Gasteiger partial charge in [-0.1, -0.05) is 23.7 Å². The van der Waals surface area contributed by atoms with Crippen LogP contribution in [0.2, 0.25) is 5.02 Å². The van der Waals surface area contributed by atoms with Crippen LogP contribution in [0.1, 0.15) is 46.7 Å². The number of methoxy groups -OCH3 is 1. The summed E-state index contributed by atoms with van der Waals surface area (Å²) in [5.41, 5.74) is 3.48. The number of carboxylic acid groups (broad SMARTS) is 1. The fraction of sp³-hybridized carbons (Fsp3) is 0.406. The highest BCUT2D eigenvalue weighted by molar-refractivity contribution is 6.30. The molecule has 3 fully saturated rings. The van der Waals surface area contributed by atoms with Crippen LogP contribution in [0.25, 0.3) is 11.0 Å². The highest BCUT2D eigenvalue weighted by Gasteiger charge is 2.58. The van der Waals surface area contributed by atoms with Crippen LogP contribution >= 0.6 is 11.6 Å². The first-order valence-corrected chi connectivity index (χ1v) is 15.0. The molecule has 3 aliphatic heterocycles. The van der Waals surface area contributed by atoms with E-state index in [1.165, 1.54) is 5.56 Å². The molecule has 43 heavy (non-hydrogen) atoms. The molecule has 4 aliphatic rings. The van der Waals surface area contributed by atoms with E-state index in [1.54, 1.807) is 31.5 Å². The number of halogens is 1. The van der Waals surface area contributed by atoms with Crippen molar-refractivity contribution < 1.29 is 28.8 Å². The van der Waals surface area contributed by atoms with Crippen LogP contribution in [0.4, 0.5) is 0 Å². The van der Waals surface area contributed by atoms with Crippen molar-refractivity contribution in [3.8, 4) is 17.2 Å². The first-order chi connectivity index (χ1) is 20.8. The van der Waals surface area contributed by atoms with Crippen molar-refractivity contribution in [2.75, 3.05) is 26.8 Å². The van der Waals surface area contributed by atoms with Crippen LogP contribution in [0, 0.1) is 11.8 Å². The summed E-state index contributed by atoms with van der Waals surface area (Å²) in [7, 11) is 1.55. The predicted molar refractivity (Wildman–Crippen MR) is 157 cm³/mol. The van der Waals surface area contributed by atoms with Crippen LogP contribution < -0.4 is 14.2 Å². The summed E-state index contributed by atoms with van der Waals surface area (Å²) in [6.45, 7) is 5.82. The molecule has 0 radical (unpaired) electrons. The number of fused-ring (bicyclic) bond motifs is 3. The smallest absolute Gasteiger partial charge is 0.335 e. The largest absolute Gasteiger partial charge is 0.494 e. The maximum absolute atomic E-state index is 11.8. The van der Waals surface area contributed by atoms with E-state index in [0.717, 1.165) is 49.0 Å². The Morgan fingerprint density at radius 3 is 2.67 bits per heavy atom. The van der Waals surface area contributed by atoms with Gasteiger partial charge in [0, 0.05) is 38.4 Å². The average Bonchev–Trinajstić information content (AvgIpc) is 3.25. The third-order valence-corrected chi connectivity index (χ3v) is 9.57. The number of carbonyl (C=O) groups is 1. The summed E-state index contributed by atoms with van der Waals surface area (Å²) < 4.78 is 26.2. The van der Waals surface area contributed by atoms with Gasteiger partial charge in [-0.05, 0) is 54.5 Å². The molecule has 8 rings (SSSR count). The van der Waals surface area contributed by atoms with Crippen LogP contribution in [0.5, 0.6) is 17.2 Å². The normalized spacial score (nSPS) is 27.2. The Balaban J connectivity index is 1.02. The van der Waals surface area contributed by atoms with Gasteiger partial charge in [-0.2, -0.15) is 0 Å². The molecule has 10 nitrogen and oxygen atoms in total. The summed E-state index contributed by atoms with van der Waals surface area (Å²) in [6, 6.07) is 13.0. The third kappa shape index (κ3) is 4.42. The topological polar surface area (TPSA) is 108 Å². The molecule has 2 aromatic heterocycles. The lowest BCUT2D eigenvalue weighted by atomic mass is 10.0. The number of rotatable bonds is 8. The maximum Gasteiger partial charge on any atom is 0.335 e. The predicted octanol–water partition coefficient (Wildman–Crippen LogP) is 5.07. The molecule has 1 saturated carbocycles. The highest BCUT2D eigenvalue weighted by Crippen LogP contribution is 2.62. The number of ether oxygens (including phenoxy) is 4. The first-order valence-electron chi connectivity index (χ1n) is 14.6. The van der Waals surface area contributed by atoms with E-state index < -0.39 is 11.8 Å². The average molecular weight is 603 g/mol. The number of benzene rings is 2. The van der Waals surface area contributed by atoms with Gasteiger partial charge in [0.15, 0.2) is 11.5 Å². The zero-order valence-corrected chi connectivity index (χ0v) is 24.6. The lowest BCUT2D eigenvalue weighted by molar-refractivity contribution is -0.0721. The highest BCUT2D eigenvalue weighted by atomic mass is 35.5. The van der Waals surface area contributed by atoms with Gasteiger partial charge < -0.3 is 28.6 Å². The molecule has 4 aromatic rings. The molecule has 1 aliphatic carbocycles. The zero-order chi connectivity index (χ0) is 29.5. The molecule has 0 bridgehead atoms. The summed E-state index contributed by atoms with van der Waals surface area (Å²) >= 11 is 6.05. The number of imidazole rings is 1. The molecular weight excluding hydrogens is 572 g/mol. The van der Waals surface area contributed by atoms with Crippen LogP contribution in [-0.4, -0.2) is 63.4 Å². The van der Waals surface area contributed by atoms with Gasteiger partial charge in [0.05, 0.1) is 42.4 Å². The zero-order valence-electron chi connectivity index (χ0n) is 23.8. The Kier molecular flexibility index (Phi) is 6.12. The Hall–Kier alpha value is -3.86. The molecule has 5 heterocycles. The summed E-state index contributed by atoms with van der Waals surface area (Å²) in [6.07, 6.45) is 2.68. The Labute approximate surface area is 253 Å². The summed E-state index contributed by atoms with van der Waals surface area (Å²) in [5.74, 6) is 2.32. The van der Waals surface area contributed by atoms with Gasteiger partial charge in [0.25, 0.3) is 5.79 Å². The van der Waals surface area contributed by atoms with Gasteiger partial charge in [-0.15, -0.1) is 0 Å². The summed E-state index contributed by atoms with van der Waals surface area (Å²) in [4.78, 5) is 23.7. The molecule has 2 aromatic carbocycles. The van der Waals surface area contributed by atoms with Crippen LogP contribution in [-0.2, 0) is 23.6 Å². The number of hydrogen-bond acceptors (Lipinski definition) is 8. The van der Waals surface area contributed by atoms with Crippen molar-refractivity contribution >= 4 is 28.6 Å². The molecule has 11 heteroatoms. The van der Waals surface area contributed by atoms with Gasteiger partial charge in [-0.3, -0.25) is 9.88 Å². The van der Waals surface area contributed by atoms with Crippen molar-refractivity contribution in [2.24, 2.45) is 11.8 Å². The van der Waals surface area contributed by atoms with E-state index in [-0.39, 0.29) is 11.7 Å². The van der Waals surface area contributed by atoms with E-state index in [0.29, 0.717) is 52.8 Å². The SMILES string of the molecule is COc1cc(C(=O)O)cc2c1nc(CN1C[C@@H]3C(c4cccc5c4O[C@](C)(c4ccc(Cl)cn4)O5)[C@@H]3C1)n2CC1CCO1. The van der Waals surface area contributed by atoms with Crippen molar-refractivity contribution in [1.29, 1.82) is 0 Å². The third-order valence-electron chi connectivity index (χ3n) is 9.34. The van der Waals surface area contributed by atoms with Crippen LogP contribution in [0.3, 0.4) is 0 Å². The molecule has 222 valence electrons. The number of pyridine rings is 1. The van der Waals surface area contributed by atoms with Gasteiger partial charge in [-0.25, -0.2) is 9.78 Å². The van der Waals surface area contributed by atoms with Gasteiger partial charge in [0.1, 0.15) is 22.8 Å². The quantitative estimate of drug-likeness (QED) is 0.296. The van der Waals surface area contributed by atoms with E-state index in [2.05, 4.69) is 20.5 Å². The van der Waals surface area contributed by atoms with Crippen molar-refractivity contribution in [2.45, 2.75) is 44.2 Å². The van der Waals surface area contributed by atoms with E-state index >= 15 is 0 Å². The second kappa shape index (κ2) is 9.83. The fourth-order valence-electron chi connectivity index (χ4n) is 7.04. The minimum atomic E-state index is -1.01. The molecule has 0 spiro atoms. The lowest BCUT2D eigenvalue weighted by Crippen LogP contribution is -2.33. The number of hydrogen-bond donors (Lipinski definition) is 1. The second-order valence-electron chi connectivity index (χ2n) is 12.0. The molecule has 1 N–H and O–H groups in total. The number of nitrogens with zero attached hydrogens (tertiary/aromatic N) is 4. The van der Waals surface area contributed by atoms with Crippen molar-refractivity contribution in [1.82, 2.24) is 19.4 Å². The number of aromatic carboxylic acids is 1. The lowest BCUT2D eigenvalue weighted by Gasteiger charge is -2.28. The first kappa shape index (κ1) is 26.7. The minimum absolute atomic E-state index is 0.100. The summed E-state index contributed by atoms with van der Waals surface area (Å²) in [5, 5.41) is 10.3. The van der Waals surface area contributed by atoms with Crippen molar-refractivity contribution in [3.05, 3.63) is 76.3 Å². The number of aromatic nitrogens is 3. The van der Waals surface area contributed by atoms with E-state index in [9.17, 15) is 9.90 Å². The molecule has 2 unspecified atom stereocenters. The van der Waals surface area contributed by atoms with E-state index in [4.69, 9.17) is 35.5 Å². The Morgan fingerprint density at radius 2 is 2.00 bits per heavy atom. The molecule has 0 amide bonds. The van der Waals surface area contributed by atoms with Gasteiger partial charge in [0.2, 0.25) is 0 Å². The number of carboxylic acids is 1. The fourth-order valence-corrected chi connectivity index (χ4v) is 7.15. The Morgan fingerprint density at radius 1 is 1.19 bits per heavy atom. The Bertz CT molecular complexity index is 1740. The molecule has 5 atom stereocenters. The monoisotopic (exact) mass is 602 g/mol. The molecular formula is C32H31ClN4O6. The van der Waals surface area contributed by atoms with Gasteiger partial charge >= 0.3 is 5.97 Å². The number of piperidine rings is 1. The van der Waals surface area contributed by atoms with E-state index in [1.807, 2.05) is 25.1 Å². The van der Waals surface area contributed by atoms with Crippen LogP contribution in [0.15, 0.2) is 48.7 Å². The standard InChI is InChI=1S/C32H31ClN4O6/c1-32(26-7-6-18(33)12-34-26)42-24-5-3-4-20(30(24)43-32)28-21-14-36(15-22(21)28)16-27-35-29-23(37(27)13-19-8-9-41-19)10-17(31(38)39)11-25(29)40-2/h3-7,10-12,19,21-22,28H,8-9,13-16H2,1-2H3,(H,38,39)/t19?,21-,22+,28?,32-/m1/s1.